The van der Waals surface area contributed by atoms with Gasteiger partial charge in [-0.3, -0.25) is 9.48 Å². The van der Waals surface area contributed by atoms with Gasteiger partial charge in [-0.1, -0.05) is 17.3 Å². The molecular weight excluding hydrogens is 270 g/mol. The van der Waals surface area contributed by atoms with Gasteiger partial charge in [0, 0.05) is 12.4 Å². The molecule has 2 heterocycles. The summed E-state index contributed by atoms with van der Waals surface area (Å²) in [5.41, 5.74) is 8.29. The van der Waals surface area contributed by atoms with Gasteiger partial charge in [0.2, 0.25) is 5.91 Å². The molecule has 3 N–H and O–H groups in total. The normalized spacial score (nSPS) is 11.0. The van der Waals surface area contributed by atoms with Gasteiger partial charge in [-0.2, -0.15) is 5.10 Å². The number of para-hydroxylation sites is 1. The third-order valence-electron chi connectivity index (χ3n) is 3.31. The number of nitrogen functional groups attached to an aromatic ring is 1. The maximum Gasteiger partial charge on any atom is 0.231 e. The summed E-state index contributed by atoms with van der Waals surface area (Å²) in [4.78, 5) is 12.1. The van der Waals surface area contributed by atoms with E-state index in [1.54, 1.807) is 18.7 Å². The van der Waals surface area contributed by atoms with Gasteiger partial charge in [0.15, 0.2) is 11.4 Å². The first-order valence-electron chi connectivity index (χ1n) is 6.48. The van der Waals surface area contributed by atoms with Crippen LogP contribution in [0.4, 0.5) is 11.5 Å². The first kappa shape index (κ1) is 13.2. The molecule has 0 fully saturated rings. The van der Waals surface area contributed by atoms with Crippen LogP contribution >= 0.6 is 0 Å². The smallest absolute Gasteiger partial charge is 0.231 e. The van der Waals surface area contributed by atoms with Gasteiger partial charge in [-0.25, -0.2) is 0 Å². The van der Waals surface area contributed by atoms with Gasteiger partial charge < -0.3 is 15.6 Å². The molecule has 21 heavy (non-hydrogen) atoms. The number of carbonyl (C=O) groups excluding carboxylic acids is 1. The number of nitrogens with one attached hydrogen (secondary N) is 1. The highest BCUT2D eigenvalue weighted by molar-refractivity contribution is 5.96. The molecule has 0 saturated heterocycles. The Morgan fingerprint density at radius 1 is 1.43 bits per heavy atom. The summed E-state index contributed by atoms with van der Waals surface area (Å²) in [6.45, 7) is 1.79. The van der Waals surface area contributed by atoms with Gasteiger partial charge in [0.05, 0.1) is 17.8 Å². The number of aryl methyl sites for hydroxylation is 2. The van der Waals surface area contributed by atoms with E-state index in [0.717, 1.165) is 5.39 Å². The fourth-order valence-corrected chi connectivity index (χ4v) is 2.22. The van der Waals surface area contributed by atoms with E-state index in [9.17, 15) is 4.79 Å². The van der Waals surface area contributed by atoms with E-state index in [0.29, 0.717) is 28.5 Å². The fraction of sp³-hybridized carbons (Fsp3) is 0.214. The largest absolute Gasteiger partial charge is 0.394 e. The van der Waals surface area contributed by atoms with Gasteiger partial charge in [0.25, 0.3) is 0 Å². The number of hydrogen-bond donors (Lipinski definition) is 2. The first-order valence-corrected chi connectivity index (χ1v) is 6.48. The average molecular weight is 285 g/mol. The molecule has 0 spiro atoms. The van der Waals surface area contributed by atoms with Crippen LogP contribution in [0.15, 0.2) is 28.8 Å². The molecule has 0 atom stereocenters. The molecule has 1 aromatic carbocycles. The zero-order valence-corrected chi connectivity index (χ0v) is 11.8. The third-order valence-corrected chi connectivity index (χ3v) is 3.31. The standard InChI is InChI=1S/C14H15N5O2/c1-8-13(15)14(19(2)17-8)16-12(20)7-10-9-5-3-4-6-11(9)21-18-10/h3-6H,7,15H2,1-2H3,(H,16,20). The Morgan fingerprint density at radius 2 is 2.19 bits per heavy atom. The van der Waals surface area contributed by atoms with Crippen molar-refractivity contribution >= 4 is 28.4 Å². The highest BCUT2D eigenvalue weighted by atomic mass is 16.5. The number of nitrogens with two attached hydrogens (primary N) is 1. The zero-order chi connectivity index (χ0) is 15.0. The van der Waals surface area contributed by atoms with Crippen LogP contribution in [-0.4, -0.2) is 20.8 Å². The fourth-order valence-electron chi connectivity index (χ4n) is 2.22. The van der Waals surface area contributed by atoms with Crippen molar-refractivity contribution < 1.29 is 9.32 Å². The first-order chi connectivity index (χ1) is 10.1. The molecule has 0 aliphatic carbocycles. The van der Waals surface area contributed by atoms with Crippen molar-refractivity contribution in [2.24, 2.45) is 7.05 Å². The molecule has 3 rings (SSSR count). The molecule has 0 bridgehead atoms. The van der Waals surface area contributed by atoms with E-state index >= 15 is 0 Å². The van der Waals surface area contributed by atoms with E-state index in [1.165, 1.54) is 0 Å². The van der Waals surface area contributed by atoms with Crippen LogP contribution in [0.25, 0.3) is 11.0 Å². The Balaban J connectivity index is 1.81. The summed E-state index contributed by atoms with van der Waals surface area (Å²) in [6.07, 6.45) is 0.112. The van der Waals surface area contributed by atoms with Crippen LogP contribution in [-0.2, 0) is 18.3 Å². The minimum atomic E-state index is -0.219. The minimum Gasteiger partial charge on any atom is -0.394 e. The van der Waals surface area contributed by atoms with E-state index in [-0.39, 0.29) is 12.3 Å². The van der Waals surface area contributed by atoms with Gasteiger partial charge in [-0.15, -0.1) is 0 Å². The summed E-state index contributed by atoms with van der Waals surface area (Å²) in [5.74, 6) is 0.272. The molecule has 3 aromatic rings. The molecule has 7 nitrogen and oxygen atoms in total. The lowest BCUT2D eigenvalue weighted by molar-refractivity contribution is -0.115. The predicted octanol–water partition coefficient (Wildman–Crippen LogP) is 1.63. The maximum atomic E-state index is 12.1. The van der Waals surface area contributed by atoms with Crippen LogP contribution in [0.3, 0.4) is 0 Å². The Bertz CT molecular complexity index is 818. The van der Waals surface area contributed by atoms with E-state index in [1.807, 2.05) is 24.3 Å². The van der Waals surface area contributed by atoms with Crippen molar-refractivity contribution in [3.05, 3.63) is 35.7 Å². The quantitative estimate of drug-likeness (QED) is 0.762. The SMILES string of the molecule is Cc1nn(C)c(NC(=O)Cc2noc3ccccc23)c1N. The highest BCUT2D eigenvalue weighted by Gasteiger charge is 2.16. The van der Waals surface area contributed by atoms with E-state index in [4.69, 9.17) is 10.3 Å². The zero-order valence-electron chi connectivity index (χ0n) is 11.8. The number of nitrogens with zero attached hydrogens (tertiary/aromatic N) is 3. The van der Waals surface area contributed by atoms with E-state index in [2.05, 4.69) is 15.6 Å². The second-order valence-corrected chi connectivity index (χ2v) is 4.82. The Hall–Kier alpha value is -2.83. The Morgan fingerprint density at radius 3 is 2.90 bits per heavy atom. The lowest BCUT2D eigenvalue weighted by Gasteiger charge is -2.05. The number of hydrogen-bond acceptors (Lipinski definition) is 5. The maximum absolute atomic E-state index is 12.1. The molecule has 2 aromatic heterocycles. The van der Waals surface area contributed by atoms with Crippen molar-refractivity contribution in [3.63, 3.8) is 0 Å². The molecule has 7 heteroatoms. The number of benzene rings is 1. The van der Waals surface area contributed by atoms with Gasteiger partial charge in [0.1, 0.15) is 5.69 Å². The van der Waals surface area contributed by atoms with Crippen LogP contribution in [0.5, 0.6) is 0 Å². The summed E-state index contributed by atoms with van der Waals surface area (Å²) in [7, 11) is 1.73. The Kier molecular flexibility index (Phi) is 3.09. The number of aromatic nitrogens is 3. The van der Waals surface area contributed by atoms with Crippen molar-refractivity contribution in [2.45, 2.75) is 13.3 Å². The second-order valence-electron chi connectivity index (χ2n) is 4.82. The van der Waals surface area contributed by atoms with Crippen LogP contribution < -0.4 is 11.1 Å². The minimum absolute atomic E-state index is 0.112. The topological polar surface area (TPSA) is 99.0 Å². The van der Waals surface area contributed by atoms with Crippen molar-refractivity contribution in [1.82, 2.24) is 14.9 Å². The average Bonchev–Trinajstić information content (AvgIpc) is 2.96. The number of amides is 1. The highest BCUT2D eigenvalue weighted by Crippen LogP contribution is 2.22. The molecule has 1 amide bonds. The number of carbonyl (C=O) groups is 1. The molecule has 0 aliphatic rings. The molecule has 0 saturated carbocycles. The monoisotopic (exact) mass is 285 g/mol. The number of anilines is 2. The van der Waals surface area contributed by atoms with Gasteiger partial charge >= 0.3 is 0 Å². The summed E-state index contributed by atoms with van der Waals surface area (Å²) in [6, 6.07) is 7.42. The van der Waals surface area contributed by atoms with Crippen LogP contribution in [0.2, 0.25) is 0 Å². The number of rotatable bonds is 3. The summed E-state index contributed by atoms with van der Waals surface area (Å²) in [5, 5.41) is 11.7. The molecule has 0 radical (unpaired) electrons. The Labute approximate surface area is 120 Å². The van der Waals surface area contributed by atoms with Crippen LogP contribution in [0.1, 0.15) is 11.4 Å². The second kappa shape index (κ2) is 4.93. The molecule has 108 valence electrons. The summed E-state index contributed by atoms with van der Waals surface area (Å²) < 4.78 is 6.72. The lowest BCUT2D eigenvalue weighted by atomic mass is 10.1. The third kappa shape index (κ3) is 2.33. The predicted molar refractivity (Wildman–Crippen MR) is 78.7 cm³/mol. The molecule has 0 unspecified atom stereocenters. The summed E-state index contributed by atoms with van der Waals surface area (Å²) >= 11 is 0. The van der Waals surface area contributed by atoms with Crippen molar-refractivity contribution in [2.75, 3.05) is 11.1 Å². The molecular formula is C14H15N5O2. The van der Waals surface area contributed by atoms with Crippen molar-refractivity contribution in [3.8, 4) is 0 Å². The van der Waals surface area contributed by atoms with E-state index < -0.39 is 0 Å². The van der Waals surface area contributed by atoms with Crippen molar-refractivity contribution in [1.29, 1.82) is 0 Å². The molecule has 0 aliphatic heterocycles. The van der Waals surface area contributed by atoms with Gasteiger partial charge in [-0.05, 0) is 19.1 Å². The lowest BCUT2D eigenvalue weighted by Crippen LogP contribution is -2.17. The number of fused-ring (bicyclic) bond motifs is 1. The van der Waals surface area contributed by atoms with Crippen LogP contribution in [0, 0.1) is 6.92 Å².